The standard InChI is InChI=1S/C20H32O3/c1-2-3-4-5-6-7-8-9-12-15-18-19(23-18)16-13-10-11-14-17-20(21)22/h6-7,9-10,12-13,18-19H,2-5,8,11,14-17H2,1H3,(H,21,22)/b7-6+,12-9+,13-10-/t18-,19+/m1/s1. The summed E-state index contributed by atoms with van der Waals surface area (Å²) in [6.45, 7) is 2.23. The summed E-state index contributed by atoms with van der Waals surface area (Å²) in [6, 6.07) is 0. The normalized spacial score (nSPS) is 20.9. The Morgan fingerprint density at radius 1 is 0.913 bits per heavy atom. The number of rotatable bonds is 14. The maximum absolute atomic E-state index is 10.4. The molecular formula is C20H32O3. The molecule has 0 unspecified atom stereocenters. The predicted molar refractivity (Wildman–Crippen MR) is 95.6 cm³/mol. The first-order chi connectivity index (χ1) is 11.2. The van der Waals surface area contributed by atoms with Crippen LogP contribution in [0.1, 0.15) is 71.1 Å². The molecule has 1 fully saturated rings. The number of allylic oxidation sites excluding steroid dienone is 4. The van der Waals surface area contributed by atoms with E-state index in [2.05, 4.69) is 43.4 Å². The number of carboxylic acid groups (broad SMARTS) is 1. The Labute approximate surface area is 141 Å². The summed E-state index contributed by atoms with van der Waals surface area (Å²) in [5, 5.41) is 8.53. The molecular weight excluding hydrogens is 288 g/mol. The van der Waals surface area contributed by atoms with Gasteiger partial charge in [-0.15, -0.1) is 0 Å². The zero-order chi connectivity index (χ0) is 16.8. The molecule has 1 N–H and O–H groups in total. The van der Waals surface area contributed by atoms with Crippen LogP contribution in [-0.2, 0) is 9.53 Å². The van der Waals surface area contributed by atoms with Crippen LogP contribution in [0.2, 0.25) is 0 Å². The number of hydrogen-bond acceptors (Lipinski definition) is 2. The van der Waals surface area contributed by atoms with Crippen LogP contribution in [0.3, 0.4) is 0 Å². The van der Waals surface area contributed by atoms with E-state index >= 15 is 0 Å². The molecule has 1 aliphatic rings. The molecule has 3 nitrogen and oxygen atoms in total. The van der Waals surface area contributed by atoms with Crippen molar-refractivity contribution in [2.24, 2.45) is 0 Å². The van der Waals surface area contributed by atoms with E-state index in [1.54, 1.807) is 0 Å². The van der Waals surface area contributed by atoms with Crippen LogP contribution >= 0.6 is 0 Å². The van der Waals surface area contributed by atoms with Gasteiger partial charge in [-0.25, -0.2) is 0 Å². The van der Waals surface area contributed by atoms with Gasteiger partial charge in [-0.2, -0.15) is 0 Å². The smallest absolute Gasteiger partial charge is 0.303 e. The molecule has 0 radical (unpaired) electrons. The van der Waals surface area contributed by atoms with E-state index in [0.717, 1.165) is 32.1 Å². The second-order valence-corrected chi connectivity index (χ2v) is 6.12. The zero-order valence-electron chi connectivity index (χ0n) is 14.5. The highest BCUT2D eigenvalue weighted by molar-refractivity contribution is 5.66. The van der Waals surface area contributed by atoms with Gasteiger partial charge in [0.15, 0.2) is 0 Å². The van der Waals surface area contributed by atoms with E-state index in [4.69, 9.17) is 9.84 Å². The Morgan fingerprint density at radius 2 is 1.52 bits per heavy atom. The molecule has 1 rings (SSSR count). The molecule has 0 saturated carbocycles. The quantitative estimate of drug-likeness (QED) is 0.264. The third kappa shape index (κ3) is 11.8. The lowest BCUT2D eigenvalue weighted by Crippen LogP contribution is -1.93. The molecule has 1 heterocycles. The average Bonchev–Trinajstić information content (AvgIpc) is 3.27. The van der Waals surface area contributed by atoms with Gasteiger partial charge in [-0.1, -0.05) is 56.2 Å². The van der Waals surface area contributed by atoms with Crippen molar-refractivity contribution >= 4 is 5.97 Å². The molecule has 0 spiro atoms. The van der Waals surface area contributed by atoms with Crippen molar-refractivity contribution in [2.45, 2.75) is 83.3 Å². The minimum Gasteiger partial charge on any atom is -0.481 e. The number of carbonyl (C=O) groups is 1. The van der Waals surface area contributed by atoms with Gasteiger partial charge in [0.1, 0.15) is 0 Å². The van der Waals surface area contributed by atoms with Crippen LogP contribution < -0.4 is 0 Å². The van der Waals surface area contributed by atoms with Crippen molar-refractivity contribution in [2.75, 3.05) is 0 Å². The van der Waals surface area contributed by atoms with Crippen LogP contribution in [0.25, 0.3) is 0 Å². The number of unbranched alkanes of at least 4 members (excludes halogenated alkanes) is 4. The van der Waals surface area contributed by atoms with Gasteiger partial charge in [0.25, 0.3) is 0 Å². The summed E-state index contributed by atoms with van der Waals surface area (Å²) < 4.78 is 5.62. The third-order valence-corrected chi connectivity index (χ3v) is 3.93. The summed E-state index contributed by atoms with van der Waals surface area (Å²) in [5.74, 6) is -0.716. The highest BCUT2D eigenvalue weighted by atomic mass is 16.6. The number of epoxide rings is 1. The van der Waals surface area contributed by atoms with Crippen molar-refractivity contribution in [3.05, 3.63) is 36.5 Å². The van der Waals surface area contributed by atoms with Crippen molar-refractivity contribution in [3.8, 4) is 0 Å². The first kappa shape index (κ1) is 19.7. The van der Waals surface area contributed by atoms with Gasteiger partial charge in [0, 0.05) is 6.42 Å². The van der Waals surface area contributed by atoms with Gasteiger partial charge in [-0.05, 0) is 44.9 Å². The number of aliphatic carboxylic acids is 1. The maximum Gasteiger partial charge on any atom is 0.303 e. The SMILES string of the molecule is CCCCC/C=C/C/C=C/C[C@H]1O[C@H]1C/C=C\CCCC(=O)O. The van der Waals surface area contributed by atoms with Crippen LogP contribution in [-0.4, -0.2) is 23.3 Å². The molecule has 0 aromatic heterocycles. The maximum atomic E-state index is 10.4. The largest absolute Gasteiger partial charge is 0.481 e. The molecule has 0 aromatic rings. The molecule has 0 amide bonds. The van der Waals surface area contributed by atoms with Crippen molar-refractivity contribution < 1.29 is 14.6 Å². The van der Waals surface area contributed by atoms with Crippen LogP contribution in [0.4, 0.5) is 0 Å². The Bertz CT molecular complexity index is 396. The molecule has 2 atom stereocenters. The van der Waals surface area contributed by atoms with Crippen LogP contribution in [0, 0.1) is 0 Å². The first-order valence-corrected chi connectivity index (χ1v) is 9.06. The van der Waals surface area contributed by atoms with Crippen molar-refractivity contribution in [1.29, 1.82) is 0 Å². The fourth-order valence-electron chi connectivity index (χ4n) is 2.44. The lowest BCUT2D eigenvalue weighted by atomic mass is 10.1. The van der Waals surface area contributed by atoms with Crippen molar-refractivity contribution in [1.82, 2.24) is 0 Å². The number of carboxylic acids is 1. The number of ether oxygens (including phenoxy) is 1. The third-order valence-electron chi connectivity index (χ3n) is 3.93. The topological polar surface area (TPSA) is 49.8 Å². The summed E-state index contributed by atoms with van der Waals surface area (Å²) >= 11 is 0. The minimum absolute atomic E-state index is 0.255. The van der Waals surface area contributed by atoms with Gasteiger partial charge in [-0.3, -0.25) is 4.79 Å². The van der Waals surface area contributed by atoms with Crippen LogP contribution in [0.15, 0.2) is 36.5 Å². The molecule has 0 aliphatic carbocycles. The Hall–Kier alpha value is -1.35. The van der Waals surface area contributed by atoms with Gasteiger partial charge >= 0.3 is 5.97 Å². The number of hydrogen-bond donors (Lipinski definition) is 1. The minimum atomic E-state index is -0.716. The van der Waals surface area contributed by atoms with E-state index in [1.165, 1.54) is 25.7 Å². The van der Waals surface area contributed by atoms with Gasteiger partial charge < -0.3 is 9.84 Å². The zero-order valence-corrected chi connectivity index (χ0v) is 14.5. The molecule has 23 heavy (non-hydrogen) atoms. The fourth-order valence-corrected chi connectivity index (χ4v) is 2.44. The van der Waals surface area contributed by atoms with Gasteiger partial charge in [0.2, 0.25) is 0 Å². The van der Waals surface area contributed by atoms with Gasteiger partial charge in [0.05, 0.1) is 12.2 Å². The summed E-state index contributed by atoms with van der Waals surface area (Å²) in [4.78, 5) is 10.4. The molecule has 3 heteroatoms. The molecule has 0 aromatic carbocycles. The van der Waals surface area contributed by atoms with Crippen LogP contribution in [0.5, 0.6) is 0 Å². The van der Waals surface area contributed by atoms with E-state index < -0.39 is 5.97 Å². The monoisotopic (exact) mass is 320 g/mol. The van der Waals surface area contributed by atoms with E-state index in [1.807, 2.05) is 0 Å². The highest BCUT2D eigenvalue weighted by Gasteiger charge is 2.35. The van der Waals surface area contributed by atoms with E-state index in [9.17, 15) is 4.79 Å². The molecule has 1 saturated heterocycles. The summed E-state index contributed by atoms with van der Waals surface area (Å²) in [7, 11) is 0. The summed E-state index contributed by atoms with van der Waals surface area (Å²) in [6.07, 6.45) is 23.8. The Kier molecular flexibility index (Phi) is 11.2. The molecule has 1 aliphatic heterocycles. The fraction of sp³-hybridized carbons (Fsp3) is 0.650. The first-order valence-electron chi connectivity index (χ1n) is 9.06. The second kappa shape index (κ2) is 13.1. The summed E-state index contributed by atoms with van der Waals surface area (Å²) in [5.41, 5.74) is 0. The second-order valence-electron chi connectivity index (χ2n) is 6.12. The van der Waals surface area contributed by atoms with E-state index in [-0.39, 0.29) is 6.42 Å². The highest BCUT2D eigenvalue weighted by Crippen LogP contribution is 2.29. The average molecular weight is 320 g/mol. The molecule has 0 bridgehead atoms. The lowest BCUT2D eigenvalue weighted by Gasteiger charge is -1.91. The Balaban J connectivity index is 1.93. The molecule has 130 valence electrons. The lowest BCUT2D eigenvalue weighted by molar-refractivity contribution is -0.137. The van der Waals surface area contributed by atoms with E-state index in [0.29, 0.717) is 12.2 Å². The predicted octanol–water partition coefficient (Wildman–Crippen LogP) is 5.43. The van der Waals surface area contributed by atoms with Crippen molar-refractivity contribution in [3.63, 3.8) is 0 Å². The Morgan fingerprint density at radius 3 is 2.22 bits per heavy atom.